The second-order valence-corrected chi connectivity index (χ2v) is 5.05. The molecule has 1 fully saturated rings. The lowest BCUT2D eigenvalue weighted by molar-refractivity contribution is 0.00131. The lowest BCUT2D eigenvalue weighted by Gasteiger charge is -2.27. The fourth-order valence-corrected chi connectivity index (χ4v) is 2.81. The summed E-state index contributed by atoms with van der Waals surface area (Å²) in [5.74, 6) is -0.360. The molecule has 18 heavy (non-hydrogen) atoms. The highest BCUT2D eigenvalue weighted by atomic mass is 32.1. The molecule has 1 aliphatic rings. The molecule has 1 aromatic heterocycles. The Hall–Kier alpha value is -0.980. The lowest BCUT2D eigenvalue weighted by Crippen LogP contribution is -2.33. The zero-order valence-electron chi connectivity index (χ0n) is 10.6. The molecule has 0 spiro atoms. The van der Waals surface area contributed by atoms with E-state index in [2.05, 4.69) is 10.3 Å². The van der Waals surface area contributed by atoms with E-state index in [9.17, 15) is 4.79 Å². The van der Waals surface area contributed by atoms with Crippen molar-refractivity contribution in [1.82, 2.24) is 10.3 Å². The minimum absolute atomic E-state index is 0.00984. The fourth-order valence-electron chi connectivity index (χ4n) is 1.97. The molecule has 0 bridgehead atoms. The second kappa shape index (κ2) is 6.26. The van der Waals surface area contributed by atoms with Crippen molar-refractivity contribution in [3.8, 4) is 0 Å². The first-order valence-electron chi connectivity index (χ1n) is 6.16. The molecule has 2 heterocycles. The first kappa shape index (κ1) is 13.5. The topological polar surface area (TPSA) is 60.5 Å². The van der Waals surface area contributed by atoms with Gasteiger partial charge in [-0.25, -0.2) is 9.78 Å². The van der Waals surface area contributed by atoms with Gasteiger partial charge in [-0.3, -0.25) is 0 Å². The SMILES string of the molecule is CCOC(=O)c1csc([C@H]2C[C@@H](NC)CCO2)n1. The molecule has 2 rings (SSSR count). The number of aromatic nitrogens is 1. The van der Waals surface area contributed by atoms with E-state index in [0.717, 1.165) is 24.5 Å². The Bertz CT molecular complexity index is 408. The van der Waals surface area contributed by atoms with Gasteiger partial charge in [0.2, 0.25) is 0 Å². The van der Waals surface area contributed by atoms with Gasteiger partial charge in [-0.1, -0.05) is 0 Å². The van der Waals surface area contributed by atoms with Crippen molar-refractivity contribution in [3.05, 3.63) is 16.1 Å². The first-order valence-corrected chi connectivity index (χ1v) is 7.04. The molecule has 0 unspecified atom stereocenters. The van der Waals surface area contributed by atoms with Gasteiger partial charge in [-0.05, 0) is 26.8 Å². The van der Waals surface area contributed by atoms with E-state index in [1.807, 2.05) is 7.05 Å². The van der Waals surface area contributed by atoms with Crippen LogP contribution in [0.1, 0.15) is 41.4 Å². The average Bonchev–Trinajstić information content (AvgIpc) is 2.89. The van der Waals surface area contributed by atoms with E-state index in [1.165, 1.54) is 11.3 Å². The maximum atomic E-state index is 11.5. The molecule has 100 valence electrons. The predicted octanol–water partition coefficient (Wildman–Crippen LogP) is 1.76. The van der Waals surface area contributed by atoms with Crippen molar-refractivity contribution in [2.45, 2.75) is 31.9 Å². The summed E-state index contributed by atoms with van der Waals surface area (Å²) in [5.41, 5.74) is 0.382. The van der Waals surface area contributed by atoms with E-state index in [4.69, 9.17) is 9.47 Å². The highest BCUT2D eigenvalue weighted by molar-refractivity contribution is 7.09. The number of esters is 1. The molecule has 5 nitrogen and oxygen atoms in total. The third-order valence-electron chi connectivity index (χ3n) is 2.97. The zero-order chi connectivity index (χ0) is 13.0. The smallest absolute Gasteiger partial charge is 0.357 e. The summed E-state index contributed by atoms with van der Waals surface area (Å²) in [6, 6.07) is 0.457. The number of nitrogens with one attached hydrogen (secondary N) is 1. The van der Waals surface area contributed by atoms with Crippen LogP contribution in [0, 0.1) is 0 Å². The highest BCUT2D eigenvalue weighted by Gasteiger charge is 2.26. The van der Waals surface area contributed by atoms with Gasteiger partial charge < -0.3 is 14.8 Å². The largest absolute Gasteiger partial charge is 0.461 e. The van der Waals surface area contributed by atoms with Crippen molar-refractivity contribution in [2.24, 2.45) is 0 Å². The minimum atomic E-state index is -0.360. The minimum Gasteiger partial charge on any atom is -0.461 e. The average molecular weight is 270 g/mol. The maximum absolute atomic E-state index is 11.5. The van der Waals surface area contributed by atoms with Gasteiger partial charge in [-0.2, -0.15) is 0 Å². The molecule has 6 heteroatoms. The van der Waals surface area contributed by atoms with E-state index in [0.29, 0.717) is 18.3 Å². The molecule has 0 amide bonds. The van der Waals surface area contributed by atoms with Gasteiger partial charge in [0.25, 0.3) is 0 Å². The van der Waals surface area contributed by atoms with E-state index in [-0.39, 0.29) is 12.1 Å². The van der Waals surface area contributed by atoms with E-state index in [1.54, 1.807) is 12.3 Å². The Labute approximate surface area is 111 Å². The molecule has 1 saturated heterocycles. The summed E-state index contributed by atoms with van der Waals surface area (Å²) in [7, 11) is 1.96. The van der Waals surface area contributed by atoms with Crippen LogP contribution >= 0.6 is 11.3 Å². The first-order chi connectivity index (χ1) is 8.74. The van der Waals surface area contributed by atoms with Crippen LogP contribution in [-0.2, 0) is 9.47 Å². The number of ether oxygens (including phenoxy) is 2. The predicted molar refractivity (Wildman–Crippen MR) is 68.8 cm³/mol. The zero-order valence-corrected chi connectivity index (χ0v) is 11.5. The Morgan fingerprint density at radius 1 is 1.72 bits per heavy atom. The molecule has 0 saturated carbocycles. The number of carbonyl (C=O) groups is 1. The number of rotatable bonds is 4. The van der Waals surface area contributed by atoms with Crippen LogP contribution in [0.4, 0.5) is 0 Å². The Morgan fingerprint density at radius 2 is 2.56 bits per heavy atom. The summed E-state index contributed by atoms with van der Waals surface area (Å²) >= 11 is 1.46. The van der Waals surface area contributed by atoms with Gasteiger partial charge in [0.05, 0.1) is 6.61 Å². The highest BCUT2D eigenvalue weighted by Crippen LogP contribution is 2.30. The molecular formula is C12H18N2O3S. The fraction of sp³-hybridized carbons (Fsp3) is 0.667. The third-order valence-corrected chi connectivity index (χ3v) is 3.91. The molecule has 0 aromatic carbocycles. The summed E-state index contributed by atoms with van der Waals surface area (Å²) in [4.78, 5) is 15.8. The van der Waals surface area contributed by atoms with Crippen molar-refractivity contribution < 1.29 is 14.3 Å². The lowest BCUT2D eigenvalue weighted by atomic mass is 10.0. The molecule has 1 N–H and O–H groups in total. The molecule has 0 radical (unpaired) electrons. The second-order valence-electron chi connectivity index (χ2n) is 4.16. The van der Waals surface area contributed by atoms with Gasteiger partial charge in [0.1, 0.15) is 11.1 Å². The summed E-state index contributed by atoms with van der Waals surface area (Å²) in [5, 5.41) is 5.85. The van der Waals surface area contributed by atoms with Crippen molar-refractivity contribution in [2.75, 3.05) is 20.3 Å². The van der Waals surface area contributed by atoms with Crippen LogP contribution in [0.3, 0.4) is 0 Å². The van der Waals surface area contributed by atoms with Gasteiger partial charge in [0.15, 0.2) is 5.69 Å². The monoisotopic (exact) mass is 270 g/mol. The standard InChI is InChI=1S/C12H18N2O3S/c1-3-16-12(15)9-7-18-11(14-9)10-6-8(13-2)4-5-17-10/h7-8,10,13H,3-6H2,1-2H3/t8-,10+/m0/s1. The normalized spacial score (nSPS) is 23.9. The van der Waals surface area contributed by atoms with Crippen LogP contribution in [0.25, 0.3) is 0 Å². The number of carbonyl (C=O) groups excluding carboxylic acids is 1. The molecule has 2 atom stereocenters. The van der Waals surface area contributed by atoms with Crippen LogP contribution in [0.2, 0.25) is 0 Å². The van der Waals surface area contributed by atoms with Gasteiger partial charge in [-0.15, -0.1) is 11.3 Å². The number of hydrogen-bond acceptors (Lipinski definition) is 6. The van der Waals surface area contributed by atoms with Crippen LogP contribution in [-0.4, -0.2) is 37.3 Å². The molecule has 1 aliphatic heterocycles. The quantitative estimate of drug-likeness (QED) is 0.845. The van der Waals surface area contributed by atoms with E-state index >= 15 is 0 Å². The number of nitrogens with zero attached hydrogens (tertiary/aromatic N) is 1. The maximum Gasteiger partial charge on any atom is 0.357 e. The van der Waals surface area contributed by atoms with E-state index < -0.39 is 0 Å². The van der Waals surface area contributed by atoms with Gasteiger partial charge in [0, 0.05) is 18.0 Å². The summed E-state index contributed by atoms with van der Waals surface area (Å²) in [6.07, 6.45) is 1.90. The Morgan fingerprint density at radius 3 is 3.28 bits per heavy atom. The Balaban J connectivity index is 2.03. The van der Waals surface area contributed by atoms with Crippen molar-refractivity contribution >= 4 is 17.3 Å². The van der Waals surface area contributed by atoms with Crippen LogP contribution < -0.4 is 5.32 Å². The van der Waals surface area contributed by atoms with Crippen LogP contribution in [0.5, 0.6) is 0 Å². The molecule has 0 aliphatic carbocycles. The van der Waals surface area contributed by atoms with Crippen molar-refractivity contribution in [1.29, 1.82) is 0 Å². The summed E-state index contributed by atoms with van der Waals surface area (Å²) < 4.78 is 10.6. The third kappa shape index (κ3) is 3.07. The number of hydrogen-bond donors (Lipinski definition) is 1. The number of thiazole rings is 1. The molecular weight excluding hydrogens is 252 g/mol. The Kier molecular flexibility index (Phi) is 4.68. The molecule has 1 aromatic rings. The van der Waals surface area contributed by atoms with Crippen LogP contribution in [0.15, 0.2) is 5.38 Å². The van der Waals surface area contributed by atoms with Crippen molar-refractivity contribution in [3.63, 3.8) is 0 Å². The van der Waals surface area contributed by atoms with Gasteiger partial charge >= 0.3 is 5.97 Å². The summed E-state index contributed by atoms with van der Waals surface area (Å²) in [6.45, 7) is 2.88.